The molecule has 0 aromatic heterocycles. The Balaban J connectivity index is 1.80. The van der Waals surface area contributed by atoms with Crippen LogP contribution in [0, 0.1) is 6.92 Å². The molecule has 3 rings (SSSR count). The summed E-state index contributed by atoms with van der Waals surface area (Å²) in [5.74, 6) is 0.607. The number of hydrogen-bond acceptors (Lipinski definition) is 6. The summed E-state index contributed by atoms with van der Waals surface area (Å²) < 4.78 is 38.5. The summed E-state index contributed by atoms with van der Waals surface area (Å²) in [4.78, 5) is 12.7. The van der Waals surface area contributed by atoms with Gasteiger partial charge >= 0.3 is 0 Å². The van der Waals surface area contributed by atoms with Gasteiger partial charge in [-0.15, -0.1) is 0 Å². The normalized spacial score (nSPS) is 11.3. The van der Waals surface area contributed by atoms with E-state index in [9.17, 15) is 13.2 Å². The predicted molar refractivity (Wildman–Crippen MR) is 132 cm³/mol. The number of rotatable bonds is 10. The number of anilines is 1. The molecule has 0 spiro atoms. The summed E-state index contributed by atoms with van der Waals surface area (Å²) >= 11 is 0. The number of methoxy groups -OCH3 is 1. The van der Waals surface area contributed by atoms with Crippen molar-refractivity contribution in [1.82, 2.24) is 5.43 Å². The topological polar surface area (TPSA) is 97.3 Å². The number of amides is 1. The number of ether oxygens (including phenoxy) is 2. The Morgan fingerprint density at radius 2 is 1.74 bits per heavy atom. The molecule has 9 heteroatoms. The first-order valence-corrected chi connectivity index (χ1v) is 12.1. The third-order valence-electron chi connectivity index (χ3n) is 4.83. The Kier molecular flexibility index (Phi) is 8.26. The lowest BCUT2D eigenvalue weighted by Crippen LogP contribution is -2.39. The summed E-state index contributed by atoms with van der Waals surface area (Å²) in [6, 6.07) is 20.1. The van der Waals surface area contributed by atoms with Crippen LogP contribution in [0.5, 0.6) is 11.5 Å². The van der Waals surface area contributed by atoms with Gasteiger partial charge in [0.1, 0.15) is 18.0 Å². The van der Waals surface area contributed by atoms with Crippen LogP contribution in [0.25, 0.3) is 0 Å². The molecule has 0 atom stereocenters. The zero-order chi connectivity index (χ0) is 24.6. The molecule has 0 heterocycles. The highest BCUT2D eigenvalue weighted by Gasteiger charge is 2.27. The molecule has 34 heavy (non-hydrogen) atoms. The SMILES string of the molecule is CCOc1ccc(/C=N\NC(=O)CN(c2cccc(OC)c2)S(=O)(=O)c2ccc(C)cc2)cc1. The average Bonchev–Trinajstić information content (AvgIpc) is 2.84. The predicted octanol–water partition coefficient (Wildman–Crippen LogP) is 3.75. The van der Waals surface area contributed by atoms with Crippen molar-refractivity contribution in [2.75, 3.05) is 24.6 Å². The van der Waals surface area contributed by atoms with Crippen LogP contribution in [-0.2, 0) is 14.8 Å². The fraction of sp³-hybridized carbons (Fsp3) is 0.200. The van der Waals surface area contributed by atoms with Gasteiger partial charge in [0.25, 0.3) is 15.9 Å². The van der Waals surface area contributed by atoms with Crippen molar-refractivity contribution >= 4 is 27.8 Å². The Bertz CT molecular complexity index is 1240. The molecule has 0 fully saturated rings. The third-order valence-corrected chi connectivity index (χ3v) is 6.62. The number of sulfonamides is 1. The molecule has 178 valence electrons. The van der Waals surface area contributed by atoms with E-state index in [-0.39, 0.29) is 4.90 Å². The summed E-state index contributed by atoms with van der Waals surface area (Å²) in [7, 11) is -2.54. The molecule has 0 saturated carbocycles. The molecule has 8 nitrogen and oxygen atoms in total. The maximum atomic E-state index is 13.4. The molecule has 1 N–H and O–H groups in total. The van der Waals surface area contributed by atoms with E-state index in [1.807, 2.05) is 13.8 Å². The number of benzene rings is 3. The van der Waals surface area contributed by atoms with E-state index in [1.54, 1.807) is 60.7 Å². The van der Waals surface area contributed by atoms with Crippen molar-refractivity contribution in [2.45, 2.75) is 18.7 Å². The number of carbonyl (C=O) groups excluding carboxylic acids is 1. The Hall–Kier alpha value is -3.85. The second-order valence-corrected chi connectivity index (χ2v) is 9.18. The van der Waals surface area contributed by atoms with Crippen LogP contribution in [0.4, 0.5) is 5.69 Å². The van der Waals surface area contributed by atoms with E-state index < -0.39 is 22.5 Å². The lowest BCUT2D eigenvalue weighted by Gasteiger charge is -2.24. The second-order valence-electron chi connectivity index (χ2n) is 7.32. The van der Waals surface area contributed by atoms with Crippen LogP contribution in [-0.4, -0.2) is 40.8 Å². The minimum absolute atomic E-state index is 0.0756. The van der Waals surface area contributed by atoms with Gasteiger partial charge in [0.15, 0.2) is 0 Å². The molecule has 3 aromatic rings. The van der Waals surface area contributed by atoms with Crippen molar-refractivity contribution in [3.8, 4) is 11.5 Å². The van der Waals surface area contributed by atoms with Crippen LogP contribution in [0.2, 0.25) is 0 Å². The van der Waals surface area contributed by atoms with Gasteiger partial charge in [-0.2, -0.15) is 5.10 Å². The fourth-order valence-electron chi connectivity index (χ4n) is 3.08. The van der Waals surface area contributed by atoms with Crippen LogP contribution in [0.3, 0.4) is 0 Å². The van der Waals surface area contributed by atoms with Gasteiger partial charge in [0.2, 0.25) is 0 Å². The van der Waals surface area contributed by atoms with Crippen LogP contribution >= 0.6 is 0 Å². The fourth-order valence-corrected chi connectivity index (χ4v) is 4.49. The maximum Gasteiger partial charge on any atom is 0.264 e. The molecule has 0 saturated heterocycles. The van der Waals surface area contributed by atoms with Crippen LogP contribution in [0.15, 0.2) is 82.8 Å². The third kappa shape index (κ3) is 6.35. The average molecular weight is 482 g/mol. The second kappa shape index (κ2) is 11.3. The van der Waals surface area contributed by atoms with E-state index in [2.05, 4.69) is 10.5 Å². The minimum Gasteiger partial charge on any atom is -0.497 e. The van der Waals surface area contributed by atoms with Gasteiger partial charge in [-0.25, -0.2) is 13.8 Å². The first-order valence-electron chi connectivity index (χ1n) is 10.6. The zero-order valence-corrected chi connectivity index (χ0v) is 20.1. The first-order chi connectivity index (χ1) is 16.3. The number of carbonyl (C=O) groups is 1. The Morgan fingerprint density at radius 3 is 2.38 bits per heavy atom. The van der Waals surface area contributed by atoms with E-state index in [4.69, 9.17) is 9.47 Å². The molecule has 1 amide bonds. The van der Waals surface area contributed by atoms with Crippen LogP contribution in [0.1, 0.15) is 18.1 Å². The highest BCUT2D eigenvalue weighted by molar-refractivity contribution is 7.92. The summed E-state index contributed by atoms with van der Waals surface area (Å²) in [6.07, 6.45) is 1.47. The zero-order valence-electron chi connectivity index (χ0n) is 19.3. The number of hydrogen-bond donors (Lipinski definition) is 1. The lowest BCUT2D eigenvalue weighted by atomic mass is 10.2. The Labute approximate surface area is 199 Å². The summed E-state index contributed by atoms with van der Waals surface area (Å²) in [5.41, 5.74) is 4.37. The molecular formula is C25H27N3O5S. The van der Waals surface area contributed by atoms with E-state index in [0.717, 1.165) is 21.2 Å². The van der Waals surface area contributed by atoms with Crippen molar-refractivity contribution < 1.29 is 22.7 Å². The smallest absolute Gasteiger partial charge is 0.264 e. The molecule has 0 bridgehead atoms. The lowest BCUT2D eigenvalue weighted by molar-refractivity contribution is -0.119. The number of nitrogens with one attached hydrogen (secondary N) is 1. The molecule has 0 aliphatic heterocycles. The summed E-state index contributed by atoms with van der Waals surface area (Å²) in [5, 5.41) is 3.95. The van der Waals surface area contributed by atoms with Gasteiger partial charge in [0, 0.05) is 6.07 Å². The standard InChI is InChI=1S/C25H27N3O5S/c1-4-33-22-12-10-20(11-13-22)17-26-27-25(29)18-28(21-6-5-7-23(16-21)32-3)34(30,31)24-14-8-19(2)9-15-24/h5-17H,4,18H2,1-3H3,(H,27,29)/b26-17-. The number of aryl methyl sites for hydroxylation is 1. The molecule has 0 aliphatic rings. The van der Waals surface area contributed by atoms with Gasteiger partial charge < -0.3 is 9.47 Å². The van der Waals surface area contributed by atoms with Gasteiger partial charge in [-0.05, 0) is 67.9 Å². The van der Waals surface area contributed by atoms with E-state index in [1.165, 1.54) is 25.5 Å². The quantitative estimate of drug-likeness (QED) is 0.351. The van der Waals surface area contributed by atoms with Gasteiger partial charge in [-0.1, -0.05) is 23.8 Å². The molecular weight excluding hydrogens is 454 g/mol. The van der Waals surface area contributed by atoms with Gasteiger partial charge in [-0.3, -0.25) is 9.10 Å². The molecule has 0 unspecified atom stereocenters. The number of hydrazone groups is 1. The highest BCUT2D eigenvalue weighted by Crippen LogP contribution is 2.27. The minimum atomic E-state index is -4.03. The highest BCUT2D eigenvalue weighted by atomic mass is 32.2. The van der Waals surface area contributed by atoms with E-state index >= 15 is 0 Å². The van der Waals surface area contributed by atoms with Crippen molar-refractivity contribution in [1.29, 1.82) is 0 Å². The van der Waals surface area contributed by atoms with E-state index in [0.29, 0.717) is 18.0 Å². The van der Waals surface area contributed by atoms with Gasteiger partial charge in [0.05, 0.1) is 30.5 Å². The van der Waals surface area contributed by atoms with Crippen molar-refractivity contribution in [3.63, 3.8) is 0 Å². The largest absolute Gasteiger partial charge is 0.497 e. The van der Waals surface area contributed by atoms with Crippen molar-refractivity contribution in [2.24, 2.45) is 5.10 Å². The molecule has 0 radical (unpaired) electrons. The van der Waals surface area contributed by atoms with Crippen LogP contribution < -0.4 is 19.2 Å². The summed E-state index contributed by atoms with van der Waals surface area (Å²) in [6.45, 7) is 3.87. The maximum absolute atomic E-state index is 13.4. The Morgan fingerprint density at radius 1 is 1.03 bits per heavy atom. The molecule has 0 aliphatic carbocycles. The first kappa shape index (κ1) is 24.8. The molecule has 3 aromatic carbocycles. The monoisotopic (exact) mass is 481 g/mol. The van der Waals surface area contributed by atoms with Crippen molar-refractivity contribution in [3.05, 3.63) is 83.9 Å². The number of nitrogens with zero attached hydrogens (tertiary/aromatic N) is 2.